The van der Waals surface area contributed by atoms with E-state index in [0.29, 0.717) is 6.42 Å². The van der Waals surface area contributed by atoms with Crippen molar-refractivity contribution in [3.8, 4) is 5.75 Å². The zero-order chi connectivity index (χ0) is 11.9. The Labute approximate surface area is 101 Å². The van der Waals surface area contributed by atoms with E-state index in [1.807, 2.05) is 31.2 Å². The van der Waals surface area contributed by atoms with Gasteiger partial charge in [-0.2, -0.15) is 0 Å². The Kier molecular flexibility index (Phi) is 2.44. The van der Waals surface area contributed by atoms with Gasteiger partial charge in [-0.15, -0.1) is 0 Å². The number of hydrogen-bond acceptors (Lipinski definition) is 3. The highest BCUT2D eigenvalue weighted by atomic mass is 16.5. The number of Topliss-reactive ketones (excluding diaryl/α,β-unsaturated/α-hetero) is 1. The van der Waals surface area contributed by atoms with Crippen molar-refractivity contribution < 1.29 is 14.3 Å². The lowest BCUT2D eigenvalue weighted by Crippen LogP contribution is -2.55. The Hall–Kier alpha value is -1.35. The second-order valence-electron chi connectivity index (χ2n) is 4.87. The normalized spacial score (nSPS) is 30.6. The first kappa shape index (κ1) is 10.8. The second kappa shape index (κ2) is 3.84. The molecule has 1 saturated carbocycles. The molecule has 0 saturated heterocycles. The first-order chi connectivity index (χ1) is 8.22. The van der Waals surface area contributed by atoms with E-state index in [2.05, 4.69) is 0 Å². The van der Waals surface area contributed by atoms with E-state index in [4.69, 9.17) is 9.47 Å². The molecule has 0 amide bonds. The van der Waals surface area contributed by atoms with E-state index in [1.54, 1.807) is 0 Å². The Balaban J connectivity index is 1.79. The maximum atomic E-state index is 12.0. The Bertz CT molecular complexity index is 447. The number of rotatable bonds is 2. The number of fused-ring (bicyclic) bond motifs is 1. The fraction of sp³-hybridized carbons (Fsp3) is 0.500. The molecule has 0 atom stereocenters. The quantitative estimate of drug-likeness (QED) is 0.786. The third-order valence-corrected chi connectivity index (χ3v) is 3.60. The van der Waals surface area contributed by atoms with Crippen molar-refractivity contribution in [2.75, 3.05) is 6.61 Å². The van der Waals surface area contributed by atoms with Gasteiger partial charge in [-0.05, 0) is 19.1 Å². The summed E-state index contributed by atoms with van der Waals surface area (Å²) in [5.41, 5.74) is 0.434. The summed E-state index contributed by atoms with van der Waals surface area (Å²) in [6.45, 7) is 2.72. The number of ketones is 1. The van der Waals surface area contributed by atoms with E-state index in [-0.39, 0.29) is 17.5 Å². The third-order valence-electron chi connectivity index (χ3n) is 3.60. The first-order valence-corrected chi connectivity index (χ1v) is 6.15. The fourth-order valence-corrected chi connectivity index (χ4v) is 2.79. The lowest BCUT2D eigenvalue weighted by molar-refractivity contribution is -0.123. The second-order valence-corrected chi connectivity index (χ2v) is 4.87. The maximum absolute atomic E-state index is 12.0. The van der Waals surface area contributed by atoms with Crippen molar-refractivity contribution in [2.24, 2.45) is 0 Å². The molecule has 1 spiro atoms. The smallest absolute Gasteiger partial charge is 0.170 e. The zero-order valence-corrected chi connectivity index (χ0v) is 9.94. The van der Waals surface area contributed by atoms with Gasteiger partial charge in [0.25, 0.3) is 0 Å². The Morgan fingerprint density at radius 3 is 2.94 bits per heavy atom. The van der Waals surface area contributed by atoms with Gasteiger partial charge in [0.1, 0.15) is 11.4 Å². The van der Waals surface area contributed by atoms with Crippen LogP contribution in [0.1, 0.15) is 36.5 Å². The average molecular weight is 232 g/mol. The number of carbonyl (C=O) groups is 1. The molecule has 0 unspecified atom stereocenters. The molecule has 3 rings (SSSR count). The van der Waals surface area contributed by atoms with E-state index < -0.39 is 0 Å². The van der Waals surface area contributed by atoms with Gasteiger partial charge in [0.15, 0.2) is 5.78 Å². The maximum Gasteiger partial charge on any atom is 0.170 e. The van der Waals surface area contributed by atoms with Crippen LogP contribution in [-0.4, -0.2) is 24.1 Å². The van der Waals surface area contributed by atoms with Crippen LogP contribution in [0.2, 0.25) is 0 Å². The molecule has 0 radical (unpaired) electrons. The van der Waals surface area contributed by atoms with Crippen molar-refractivity contribution in [3.63, 3.8) is 0 Å². The molecule has 0 N–H and O–H groups in total. The number of carbonyl (C=O) groups excluding carboxylic acids is 1. The van der Waals surface area contributed by atoms with Crippen LogP contribution in [0.5, 0.6) is 5.75 Å². The van der Waals surface area contributed by atoms with E-state index in [1.165, 1.54) is 0 Å². The largest absolute Gasteiger partial charge is 0.486 e. The van der Waals surface area contributed by atoms with Crippen LogP contribution in [0.15, 0.2) is 24.3 Å². The van der Waals surface area contributed by atoms with Crippen LogP contribution < -0.4 is 4.74 Å². The monoisotopic (exact) mass is 232 g/mol. The molecule has 3 nitrogen and oxygen atoms in total. The molecule has 0 bridgehead atoms. The molecule has 17 heavy (non-hydrogen) atoms. The minimum absolute atomic E-state index is 0.196. The van der Waals surface area contributed by atoms with Gasteiger partial charge in [-0.1, -0.05) is 12.1 Å². The highest BCUT2D eigenvalue weighted by Crippen LogP contribution is 2.45. The number of benzene rings is 1. The summed E-state index contributed by atoms with van der Waals surface area (Å²) < 4.78 is 11.5. The highest BCUT2D eigenvalue weighted by molar-refractivity contribution is 6.00. The molecule has 1 aromatic rings. The molecule has 1 heterocycles. The summed E-state index contributed by atoms with van der Waals surface area (Å²) in [5, 5.41) is 0. The van der Waals surface area contributed by atoms with Gasteiger partial charge in [0, 0.05) is 19.4 Å². The van der Waals surface area contributed by atoms with Crippen LogP contribution in [0.4, 0.5) is 0 Å². The number of hydrogen-bond donors (Lipinski definition) is 0. The molecule has 1 aliphatic heterocycles. The van der Waals surface area contributed by atoms with Gasteiger partial charge in [0.2, 0.25) is 0 Å². The van der Waals surface area contributed by atoms with Crippen LogP contribution in [-0.2, 0) is 4.74 Å². The van der Waals surface area contributed by atoms with Crippen molar-refractivity contribution in [1.82, 2.24) is 0 Å². The molecule has 0 aromatic heterocycles. The molecule has 1 aliphatic carbocycles. The third kappa shape index (κ3) is 1.75. The molecule has 2 aliphatic rings. The average Bonchev–Trinajstić information content (AvgIpc) is 2.27. The van der Waals surface area contributed by atoms with E-state index >= 15 is 0 Å². The van der Waals surface area contributed by atoms with Crippen LogP contribution >= 0.6 is 0 Å². The van der Waals surface area contributed by atoms with E-state index in [0.717, 1.165) is 30.8 Å². The first-order valence-electron chi connectivity index (χ1n) is 6.15. The van der Waals surface area contributed by atoms with Gasteiger partial charge in [-0.25, -0.2) is 0 Å². The molecule has 3 heteroatoms. The standard InChI is InChI=1S/C14H16O3/c1-2-16-10-7-14(8-10)9-12(15)11-5-3-4-6-13(11)17-14/h3-6,10H,2,7-9H2,1H3. The summed E-state index contributed by atoms with van der Waals surface area (Å²) in [4.78, 5) is 12.0. The van der Waals surface area contributed by atoms with E-state index in [9.17, 15) is 4.79 Å². The minimum Gasteiger partial charge on any atom is -0.486 e. The van der Waals surface area contributed by atoms with Gasteiger partial charge in [-0.3, -0.25) is 4.79 Å². The zero-order valence-electron chi connectivity index (χ0n) is 9.94. The highest BCUT2D eigenvalue weighted by Gasteiger charge is 2.51. The predicted octanol–water partition coefficient (Wildman–Crippen LogP) is 2.59. The van der Waals surface area contributed by atoms with Gasteiger partial charge < -0.3 is 9.47 Å². The summed E-state index contributed by atoms with van der Waals surface area (Å²) in [6.07, 6.45) is 2.42. The SMILES string of the molecule is CCOC1CC2(CC(=O)c3ccccc3O2)C1. The molecule has 1 fully saturated rings. The topological polar surface area (TPSA) is 35.5 Å². The van der Waals surface area contributed by atoms with Gasteiger partial charge >= 0.3 is 0 Å². The van der Waals surface area contributed by atoms with Crippen LogP contribution in [0, 0.1) is 0 Å². The lowest BCUT2D eigenvalue weighted by Gasteiger charge is -2.48. The van der Waals surface area contributed by atoms with Crippen molar-refractivity contribution in [3.05, 3.63) is 29.8 Å². The molecular weight excluding hydrogens is 216 g/mol. The summed E-state index contributed by atoms with van der Waals surface area (Å²) in [5.74, 6) is 0.931. The summed E-state index contributed by atoms with van der Waals surface area (Å²) >= 11 is 0. The Morgan fingerprint density at radius 1 is 1.41 bits per heavy atom. The predicted molar refractivity (Wildman–Crippen MR) is 63.4 cm³/mol. The molecular formula is C14H16O3. The summed E-state index contributed by atoms with van der Waals surface area (Å²) in [6, 6.07) is 7.50. The number of ether oxygens (including phenoxy) is 2. The minimum atomic E-state index is -0.286. The number of para-hydroxylation sites is 1. The van der Waals surface area contributed by atoms with Crippen molar-refractivity contribution in [1.29, 1.82) is 0 Å². The fourth-order valence-electron chi connectivity index (χ4n) is 2.79. The molecule has 90 valence electrons. The van der Waals surface area contributed by atoms with Crippen molar-refractivity contribution >= 4 is 5.78 Å². The Morgan fingerprint density at radius 2 is 2.18 bits per heavy atom. The van der Waals surface area contributed by atoms with Crippen molar-refractivity contribution in [2.45, 2.75) is 37.9 Å². The summed E-state index contributed by atoms with van der Waals surface area (Å²) in [7, 11) is 0. The van der Waals surface area contributed by atoms with Gasteiger partial charge in [0.05, 0.1) is 18.1 Å². The van der Waals surface area contributed by atoms with Crippen LogP contribution in [0.25, 0.3) is 0 Å². The molecule has 1 aromatic carbocycles. The van der Waals surface area contributed by atoms with Crippen LogP contribution in [0.3, 0.4) is 0 Å². The lowest BCUT2D eigenvalue weighted by atomic mass is 9.72.